The van der Waals surface area contributed by atoms with Crippen molar-refractivity contribution in [1.29, 1.82) is 0 Å². The lowest BCUT2D eigenvalue weighted by Crippen LogP contribution is -2.58. The average Bonchev–Trinajstić information content (AvgIpc) is 3.88. The van der Waals surface area contributed by atoms with E-state index >= 15 is 0 Å². The van der Waals surface area contributed by atoms with Crippen LogP contribution in [0.2, 0.25) is 0 Å². The SMILES string of the molecule is CC(=O)OC1C(c2nc(C(F)(F)F)nn2-c2ccc3nc(C)sc3c2)OC2COC(c3ccccc3)OC2C1n1cc(-c2cc(F)c(F)c(F)c2)nn1. The molecule has 12 nitrogen and oxygen atoms in total. The van der Waals surface area contributed by atoms with Gasteiger partial charge in [-0.25, -0.2) is 32.5 Å². The molecular formula is C34H25F6N7O5S. The maximum atomic E-state index is 14.3. The molecule has 2 fully saturated rings. The van der Waals surface area contributed by atoms with Gasteiger partial charge in [-0.2, -0.15) is 13.2 Å². The molecule has 0 amide bonds. The first-order valence-electron chi connectivity index (χ1n) is 16.0. The normalized spacial score (nSPS) is 23.2. The number of carbonyl (C=O) groups excluding carboxylic acids is 1. The molecular weight excluding hydrogens is 732 g/mol. The molecule has 5 heterocycles. The van der Waals surface area contributed by atoms with Gasteiger partial charge in [-0.3, -0.25) is 4.79 Å². The third kappa shape index (κ3) is 6.53. The van der Waals surface area contributed by atoms with Crippen LogP contribution in [-0.2, 0) is 29.9 Å². The smallest absolute Gasteiger partial charge is 0.453 e. The number of rotatable bonds is 6. The number of nitrogens with zero attached hydrogens (tertiary/aromatic N) is 7. The minimum atomic E-state index is -4.99. The van der Waals surface area contributed by atoms with Gasteiger partial charge < -0.3 is 18.9 Å². The Morgan fingerprint density at radius 3 is 2.47 bits per heavy atom. The number of fused-ring (bicyclic) bond motifs is 2. The van der Waals surface area contributed by atoms with Gasteiger partial charge in [-0.15, -0.1) is 21.5 Å². The molecule has 6 unspecified atom stereocenters. The van der Waals surface area contributed by atoms with E-state index < -0.39 is 72.2 Å². The Bertz CT molecular complexity index is 2310. The minimum absolute atomic E-state index is 0.105. The molecule has 2 aliphatic heterocycles. The monoisotopic (exact) mass is 757 g/mol. The summed E-state index contributed by atoms with van der Waals surface area (Å²) in [5, 5.41) is 12.8. The summed E-state index contributed by atoms with van der Waals surface area (Å²) >= 11 is 1.32. The fourth-order valence-corrected chi connectivity index (χ4v) is 7.31. The molecule has 0 N–H and O–H groups in total. The van der Waals surface area contributed by atoms with Crippen molar-refractivity contribution >= 4 is 27.5 Å². The molecule has 0 bridgehead atoms. The summed E-state index contributed by atoms with van der Waals surface area (Å²) in [6.45, 7) is 2.74. The largest absolute Gasteiger partial charge is 0.457 e. The van der Waals surface area contributed by atoms with Gasteiger partial charge in [-0.05, 0) is 37.3 Å². The molecule has 0 saturated carbocycles. The van der Waals surface area contributed by atoms with Crippen LogP contribution in [0.1, 0.15) is 47.6 Å². The van der Waals surface area contributed by atoms with Gasteiger partial charge in [0, 0.05) is 18.1 Å². The zero-order valence-corrected chi connectivity index (χ0v) is 28.2. The number of alkyl halides is 3. The molecule has 8 rings (SSSR count). The van der Waals surface area contributed by atoms with E-state index in [1.54, 1.807) is 49.4 Å². The number of esters is 1. The van der Waals surface area contributed by atoms with Crippen molar-refractivity contribution in [1.82, 2.24) is 34.7 Å². The Labute approximate surface area is 298 Å². The molecule has 3 aromatic carbocycles. The van der Waals surface area contributed by atoms with Crippen molar-refractivity contribution in [2.75, 3.05) is 6.61 Å². The summed E-state index contributed by atoms with van der Waals surface area (Å²) < 4.78 is 113. The summed E-state index contributed by atoms with van der Waals surface area (Å²) in [6.07, 6.45) is -9.86. The van der Waals surface area contributed by atoms with Crippen LogP contribution in [0.3, 0.4) is 0 Å². The maximum Gasteiger partial charge on any atom is 0.453 e. The van der Waals surface area contributed by atoms with E-state index in [9.17, 15) is 31.1 Å². The standard InChI is InChI=1S/C34H25F6N7O5S/c1-15-41-22-9-8-19(12-25(22)53-15)47-31(42-33(44-47)34(38,39)40)30-29(50-16(2)48)27(28-24(51-30)14-49-32(52-28)17-6-4-3-5-7-17)46-13-23(43-45-46)18-10-20(35)26(37)21(36)11-18/h3-13,24,27-30,32H,14H2,1-2H3. The molecule has 2 saturated heterocycles. The van der Waals surface area contributed by atoms with Crippen molar-refractivity contribution in [3.8, 4) is 16.9 Å². The summed E-state index contributed by atoms with van der Waals surface area (Å²) in [7, 11) is 0. The van der Waals surface area contributed by atoms with Gasteiger partial charge in [0.2, 0.25) is 0 Å². The van der Waals surface area contributed by atoms with Crippen molar-refractivity contribution in [3.63, 3.8) is 0 Å². The highest BCUT2D eigenvalue weighted by molar-refractivity contribution is 7.18. The topological polar surface area (TPSA) is 128 Å². The number of carbonyl (C=O) groups is 1. The predicted octanol–water partition coefficient (Wildman–Crippen LogP) is 6.61. The lowest BCUT2D eigenvalue weighted by molar-refractivity contribution is -0.320. The van der Waals surface area contributed by atoms with E-state index in [0.29, 0.717) is 15.8 Å². The third-order valence-electron chi connectivity index (χ3n) is 8.68. The second-order valence-corrected chi connectivity index (χ2v) is 13.5. The number of benzene rings is 3. The van der Waals surface area contributed by atoms with E-state index in [0.717, 1.165) is 28.7 Å². The Morgan fingerprint density at radius 2 is 1.75 bits per heavy atom. The quantitative estimate of drug-likeness (QED) is 0.104. The molecule has 3 aromatic heterocycles. The molecule has 0 aliphatic carbocycles. The van der Waals surface area contributed by atoms with Crippen LogP contribution in [0.4, 0.5) is 26.3 Å². The molecule has 2 aliphatic rings. The predicted molar refractivity (Wildman–Crippen MR) is 172 cm³/mol. The maximum absolute atomic E-state index is 14.3. The number of ether oxygens (including phenoxy) is 4. The van der Waals surface area contributed by atoms with Crippen molar-refractivity contribution in [3.05, 3.63) is 107 Å². The van der Waals surface area contributed by atoms with Crippen LogP contribution in [0.15, 0.2) is 66.9 Å². The summed E-state index contributed by atoms with van der Waals surface area (Å²) in [5.74, 6) is -7.32. The van der Waals surface area contributed by atoms with Crippen LogP contribution in [0.25, 0.3) is 27.2 Å². The number of thiazole rings is 1. The van der Waals surface area contributed by atoms with Crippen molar-refractivity contribution < 1.29 is 50.1 Å². The highest BCUT2D eigenvalue weighted by Crippen LogP contribution is 2.46. The first-order chi connectivity index (χ1) is 25.3. The van der Waals surface area contributed by atoms with Gasteiger partial charge in [0.15, 0.2) is 41.8 Å². The van der Waals surface area contributed by atoms with Gasteiger partial charge in [0.1, 0.15) is 23.9 Å². The van der Waals surface area contributed by atoms with Gasteiger partial charge in [-0.1, -0.05) is 35.5 Å². The zero-order valence-electron chi connectivity index (χ0n) is 27.4. The Morgan fingerprint density at radius 1 is 1.00 bits per heavy atom. The number of aryl methyl sites for hydroxylation is 1. The fourth-order valence-electron chi connectivity index (χ4n) is 6.45. The summed E-state index contributed by atoms with van der Waals surface area (Å²) in [4.78, 5) is 21.1. The Hall–Kier alpha value is -5.24. The molecule has 274 valence electrons. The molecule has 19 heteroatoms. The number of hydrogen-bond acceptors (Lipinski definition) is 11. The van der Waals surface area contributed by atoms with Crippen LogP contribution in [0, 0.1) is 24.4 Å². The number of hydrogen-bond donors (Lipinski definition) is 0. The number of halogens is 6. The summed E-state index contributed by atoms with van der Waals surface area (Å²) in [5.41, 5.74) is 1.15. The Kier molecular flexibility index (Phi) is 8.75. The minimum Gasteiger partial charge on any atom is -0.457 e. The molecule has 6 atom stereocenters. The van der Waals surface area contributed by atoms with Crippen LogP contribution < -0.4 is 0 Å². The lowest BCUT2D eigenvalue weighted by Gasteiger charge is -2.48. The summed E-state index contributed by atoms with van der Waals surface area (Å²) in [6, 6.07) is 13.8. The molecule has 6 aromatic rings. The van der Waals surface area contributed by atoms with Gasteiger partial charge >= 0.3 is 12.1 Å². The van der Waals surface area contributed by atoms with E-state index in [1.165, 1.54) is 28.3 Å². The van der Waals surface area contributed by atoms with Crippen LogP contribution >= 0.6 is 11.3 Å². The van der Waals surface area contributed by atoms with E-state index in [4.69, 9.17) is 18.9 Å². The average molecular weight is 758 g/mol. The number of aromatic nitrogens is 7. The second kappa shape index (κ2) is 13.3. The van der Waals surface area contributed by atoms with Gasteiger partial charge in [0.25, 0.3) is 5.82 Å². The Balaban J connectivity index is 1.28. The van der Waals surface area contributed by atoms with Gasteiger partial charge in [0.05, 0.1) is 33.7 Å². The molecule has 0 radical (unpaired) electrons. The van der Waals surface area contributed by atoms with Crippen molar-refractivity contribution in [2.24, 2.45) is 0 Å². The van der Waals surface area contributed by atoms with E-state index in [1.807, 2.05) is 0 Å². The first-order valence-corrected chi connectivity index (χ1v) is 16.8. The molecule has 53 heavy (non-hydrogen) atoms. The second-order valence-electron chi connectivity index (χ2n) is 12.3. The van der Waals surface area contributed by atoms with Crippen LogP contribution in [-0.4, -0.2) is 65.6 Å². The highest BCUT2D eigenvalue weighted by Gasteiger charge is 2.55. The fraction of sp³-hybridized carbons (Fsp3) is 0.294. The zero-order chi connectivity index (χ0) is 37.2. The lowest BCUT2D eigenvalue weighted by atomic mass is 9.90. The van der Waals surface area contributed by atoms with E-state index in [-0.39, 0.29) is 29.4 Å². The molecule has 0 spiro atoms. The first kappa shape index (κ1) is 34.8. The van der Waals surface area contributed by atoms with E-state index in [2.05, 4.69) is 25.4 Å². The third-order valence-corrected chi connectivity index (χ3v) is 9.62. The van der Waals surface area contributed by atoms with Crippen LogP contribution in [0.5, 0.6) is 0 Å². The highest BCUT2D eigenvalue weighted by atomic mass is 32.1. The van der Waals surface area contributed by atoms with Crippen molar-refractivity contribution in [2.45, 2.75) is 56.8 Å².